The van der Waals surface area contributed by atoms with Crippen molar-refractivity contribution in [2.24, 2.45) is 4.99 Å². The lowest BCUT2D eigenvalue weighted by Gasteiger charge is -2.43. The van der Waals surface area contributed by atoms with Crippen molar-refractivity contribution in [3.8, 4) is 0 Å². The summed E-state index contributed by atoms with van der Waals surface area (Å²) in [4.78, 5) is 12.2. The Morgan fingerprint density at radius 2 is 1.54 bits per heavy atom. The SMILES string of the molecule is CC1c2ccccc2N=C(N2CCN(C)CC2)N1c1ccccc1. The first-order valence-electron chi connectivity index (χ1n) is 8.69. The molecule has 0 bridgehead atoms. The van der Waals surface area contributed by atoms with Gasteiger partial charge in [-0.1, -0.05) is 36.4 Å². The lowest BCUT2D eigenvalue weighted by Crippen LogP contribution is -2.54. The fourth-order valence-corrected chi connectivity index (χ4v) is 3.57. The van der Waals surface area contributed by atoms with Gasteiger partial charge in [-0.25, -0.2) is 4.99 Å². The van der Waals surface area contributed by atoms with E-state index in [1.807, 2.05) is 0 Å². The molecule has 2 aromatic rings. The van der Waals surface area contributed by atoms with Gasteiger partial charge in [0.05, 0.1) is 11.7 Å². The van der Waals surface area contributed by atoms with E-state index in [4.69, 9.17) is 4.99 Å². The molecule has 4 nitrogen and oxygen atoms in total. The Kier molecular flexibility index (Phi) is 3.98. The highest BCUT2D eigenvalue weighted by molar-refractivity contribution is 6.00. The van der Waals surface area contributed by atoms with Gasteiger partial charge in [-0.05, 0) is 32.2 Å². The number of para-hydroxylation sites is 2. The number of nitrogens with zero attached hydrogens (tertiary/aromatic N) is 4. The average Bonchev–Trinajstić information content (AvgIpc) is 2.63. The first kappa shape index (κ1) is 15.2. The molecule has 24 heavy (non-hydrogen) atoms. The summed E-state index contributed by atoms with van der Waals surface area (Å²) in [5.41, 5.74) is 3.60. The minimum absolute atomic E-state index is 0.274. The monoisotopic (exact) mass is 320 g/mol. The summed E-state index contributed by atoms with van der Waals surface area (Å²) in [7, 11) is 2.19. The van der Waals surface area contributed by atoms with Gasteiger partial charge in [-0.3, -0.25) is 0 Å². The van der Waals surface area contributed by atoms with Crippen molar-refractivity contribution in [2.75, 3.05) is 38.1 Å². The van der Waals surface area contributed by atoms with Crippen LogP contribution in [0.15, 0.2) is 59.6 Å². The highest BCUT2D eigenvalue weighted by atomic mass is 15.4. The maximum Gasteiger partial charge on any atom is 0.207 e. The van der Waals surface area contributed by atoms with E-state index in [1.54, 1.807) is 0 Å². The van der Waals surface area contributed by atoms with Crippen LogP contribution in [0.5, 0.6) is 0 Å². The van der Waals surface area contributed by atoms with Gasteiger partial charge in [-0.2, -0.15) is 0 Å². The summed E-state index contributed by atoms with van der Waals surface area (Å²) in [5.74, 6) is 1.08. The maximum atomic E-state index is 5.05. The van der Waals surface area contributed by atoms with Crippen LogP contribution in [0.3, 0.4) is 0 Å². The summed E-state index contributed by atoms with van der Waals surface area (Å²) in [5, 5.41) is 0. The Labute approximate surface area is 144 Å². The number of fused-ring (bicyclic) bond motifs is 1. The number of likely N-dealkylation sites (N-methyl/N-ethyl adjacent to an activating group) is 1. The molecule has 124 valence electrons. The number of piperazine rings is 1. The van der Waals surface area contributed by atoms with E-state index in [0.717, 1.165) is 37.8 Å². The molecule has 2 aliphatic heterocycles. The van der Waals surface area contributed by atoms with E-state index in [0.29, 0.717) is 0 Å². The number of hydrogen-bond acceptors (Lipinski definition) is 4. The largest absolute Gasteiger partial charge is 0.340 e. The van der Waals surface area contributed by atoms with Crippen molar-refractivity contribution in [3.05, 3.63) is 60.2 Å². The molecule has 0 saturated carbocycles. The van der Waals surface area contributed by atoms with Crippen molar-refractivity contribution < 1.29 is 0 Å². The van der Waals surface area contributed by atoms with Crippen LogP contribution in [0, 0.1) is 0 Å². The van der Waals surface area contributed by atoms with Crippen LogP contribution in [0.25, 0.3) is 0 Å². The molecule has 0 aliphatic carbocycles. The molecule has 2 aliphatic rings. The highest BCUT2D eigenvalue weighted by Gasteiger charge is 2.32. The topological polar surface area (TPSA) is 22.1 Å². The maximum absolute atomic E-state index is 5.05. The zero-order valence-corrected chi connectivity index (χ0v) is 14.4. The number of anilines is 1. The fraction of sp³-hybridized carbons (Fsp3) is 0.350. The smallest absolute Gasteiger partial charge is 0.207 e. The van der Waals surface area contributed by atoms with E-state index >= 15 is 0 Å². The first-order chi connectivity index (χ1) is 11.7. The first-order valence-corrected chi connectivity index (χ1v) is 8.69. The molecule has 1 atom stereocenters. The second-order valence-electron chi connectivity index (χ2n) is 6.64. The Morgan fingerprint density at radius 3 is 2.29 bits per heavy atom. The highest BCUT2D eigenvalue weighted by Crippen LogP contribution is 2.38. The standard InChI is InChI=1S/C20H24N4/c1-16-18-10-6-7-11-19(18)21-20(23-14-12-22(2)13-15-23)24(16)17-8-4-3-5-9-17/h3-11,16H,12-15H2,1-2H3. The molecule has 2 heterocycles. The molecule has 0 amide bonds. The van der Waals surface area contributed by atoms with Gasteiger partial charge in [-0.15, -0.1) is 0 Å². The molecule has 4 rings (SSSR count). The molecule has 2 aromatic carbocycles. The molecular formula is C20H24N4. The summed E-state index contributed by atoms with van der Waals surface area (Å²) in [6.07, 6.45) is 0. The van der Waals surface area contributed by atoms with Crippen molar-refractivity contribution in [1.82, 2.24) is 9.80 Å². The van der Waals surface area contributed by atoms with Crippen LogP contribution in [0.2, 0.25) is 0 Å². The number of guanidine groups is 1. The number of aliphatic imine (C=N–C) groups is 1. The van der Waals surface area contributed by atoms with Crippen molar-refractivity contribution in [2.45, 2.75) is 13.0 Å². The molecule has 0 aromatic heterocycles. The van der Waals surface area contributed by atoms with Gasteiger partial charge in [0.25, 0.3) is 0 Å². The van der Waals surface area contributed by atoms with E-state index in [1.165, 1.54) is 11.3 Å². The third-order valence-corrected chi connectivity index (χ3v) is 5.03. The van der Waals surface area contributed by atoms with Crippen molar-refractivity contribution in [3.63, 3.8) is 0 Å². The van der Waals surface area contributed by atoms with Gasteiger partial charge in [0, 0.05) is 37.4 Å². The van der Waals surface area contributed by atoms with Gasteiger partial charge < -0.3 is 14.7 Å². The quantitative estimate of drug-likeness (QED) is 0.803. The molecule has 0 radical (unpaired) electrons. The third kappa shape index (κ3) is 2.67. The van der Waals surface area contributed by atoms with Crippen LogP contribution < -0.4 is 4.90 Å². The summed E-state index contributed by atoms with van der Waals surface area (Å²) < 4.78 is 0. The second kappa shape index (κ2) is 6.29. The lowest BCUT2D eigenvalue weighted by molar-refractivity contribution is 0.212. The molecular weight excluding hydrogens is 296 g/mol. The number of rotatable bonds is 1. The molecule has 0 spiro atoms. The Balaban J connectivity index is 1.78. The Bertz CT molecular complexity index is 732. The van der Waals surface area contributed by atoms with Gasteiger partial charge >= 0.3 is 0 Å². The minimum Gasteiger partial charge on any atom is -0.340 e. The molecule has 0 N–H and O–H groups in total. The number of hydrogen-bond donors (Lipinski definition) is 0. The van der Waals surface area contributed by atoms with Crippen LogP contribution >= 0.6 is 0 Å². The average molecular weight is 320 g/mol. The van der Waals surface area contributed by atoms with Crippen LogP contribution in [0.4, 0.5) is 11.4 Å². The Morgan fingerprint density at radius 1 is 0.875 bits per heavy atom. The predicted octanol–water partition coefficient (Wildman–Crippen LogP) is 3.50. The van der Waals surface area contributed by atoms with Gasteiger partial charge in [0.2, 0.25) is 5.96 Å². The minimum atomic E-state index is 0.274. The zero-order valence-electron chi connectivity index (χ0n) is 14.4. The predicted molar refractivity (Wildman–Crippen MR) is 99.9 cm³/mol. The summed E-state index contributed by atoms with van der Waals surface area (Å²) in [6, 6.07) is 19.4. The molecule has 1 saturated heterocycles. The van der Waals surface area contributed by atoms with E-state index in [9.17, 15) is 0 Å². The number of benzene rings is 2. The molecule has 1 fully saturated rings. The second-order valence-corrected chi connectivity index (χ2v) is 6.64. The van der Waals surface area contributed by atoms with Crippen LogP contribution in [-0.4, -0.2) is 49.0 Å². The van der Waals surface area contributed by atoms with Crippen molar-refractivity contribution in [1.29, 1.82) is 0 Å². The van der Waals surface area contributed by atoms with Crippen LogP contribution in [-0.2, 0) is 0 Å². The summed E-state index contributed by atoms with van der Waals surface area (Å²) in [6.45, 7) is 6.48. The Hall–Kier alpha value is -2.33. The zero-order chi connectivity index (χ0) is 16.5. The van der Waals surface area contributed by atoms with Gasteiger partial charge in [0.1, 0.15) is 0 Å². The molecule has 1 unspecified atom stereocenters. The lowest BCUT2D eigenvalue weighted by atomic mass is 10.0. The van der Waals surface area contributed by atoms with E-state index in [2.05, 4.69) is 83.3 Å². The van der Waals surface area contributed by atoms with E-state index < -0.39 is 0 Å². The van der Waals surface area contributed by atoms with Crippen molar-refractivity contribution >= 4 is 17.3 Å². The molecule has 4 heteroatoms. The normalized spacial score (nSPS) is 21.4. The third-order valence-electron chi connectivity index (χ3n) is 5.03. The van der Waals surface area contributed by atoms with Gasteiger partial charge in [0.15, 0.2) is 0 Å². The van der Waals surface area contributed by atoms with Crippen LogP contribution in [0.1, 0.15) is 18.5 Å². The van der Waals surface area contributed by atoms with E-state index in [-0.39, 0.29) is 6.04 Å². The fourth-order valence-electron chi connectivity index (χ4n) is 3.57. The summed E-state index contributed by atoms with van der Waals surface area (Å²) >= 11 is 0.